The van der Waals surface area contributed by atoms with Gasteiger partial charge in [-0.15, -0.1) is 0 Å². The summed E-state index contributed by atoms with van der Waals surface area (Å²) in [6, 6.07) is 0.536. The molecule has 0 aromatic heterocycles. The highest BCUT2D eigenvalue weighted by atomic mass is 16.5. The van der Waals surface area contributed by atoms with Gasteiger partial charge >= 0.3 is 11.9 Å². The molecule has 1 heterocycles. The van der Waals surface area contributed by atoms with E-state index < -0.39 is 18.0 Å². The van der Waals surface area contributed by atoms with E-state index in [0.29, 0.717) is 36.6 Å². The second-order valence-electron chi connectivity index (χ2n) is 9.01. The molecule has 3 aliphatic rings. The van der Waals surface area contributed by atoms with Crippen molar-refractivity contribution < 1.29 is 34.4 Å². The van der Waals surface area contributed by atoms with Gasteiger partial charge in [0, 0.05) is 19.2 Å². The van der Waals surface area contributed by atoms with Crippen LogP contribution in [0.3, 0.4) is 0 Å². The van der Waals surface area contributed by atoms with Crippen molar-refractivity contribution in [3.63, 3.8) is 0 Å². The molecule has 3 rings (SSSR count). The predicted octanol–water partition coefficient (Wildman–Crippen LogP) is 1.50. The molecular formula is C20H35NO7. The Kier molecular flexibility index (Phi) is 7.84. The molecular weight excluding hydrogens is 366 g/mol. The standard InChI is InChI=1S/C18H33NO3.C2H2O4/c1-17(2)13-6-7-18(17,3)16(9-13)19-10-14(20)11-21-12-15-5-4-8-22-15;3-1(4)2(5)6/h13-16,19-20H,4-12H2,1-3H3;(H,3,4)(H,5,6). The lowest BCUT2D eigenvalue weighted by atomic mass is 9.69. The normalized spacial score (nSPS) is 33.9. The fourth-order valence-corrected chi connectivity index (χ4v) is 4.96. The van der Waals surface area contributed by atoms with Crippen LogP contribution in [-0.4, -0.2) is 71.9 Å². The molecule has 2 aliphatic carbocycles. The minimum absolute atomic E-state index is 0.241. The van der Waals surface area contributed by atoms with Crippen molar-refractivity contribution in [2.24, 2.45) is 16.7 Å². The van der Waals surface area contributed by atoms with E-state index in [4.69, 9.17) is 29.3 Å². The molecule has 8 heteroatoms. The molecule has 5 unspecified atom stereocenters. The monoisotopic (exact) mass is 401 g/mol. The van der Waals surface area contributed by atoms with Crippen LogP contribution >= 0.6 is 0 Å². The van der Waals surface area contributed by atoms with Crippen molar-refractivity contribution in [2.75, 3.05) is 26.4 Å². The van der Waals surface area contributed by atoms with Crippen LogP contribution in [0.5, 0.6) is 0 Å². The molecule has 2 bridgehead atoms. The molecule has 0 radical (unpaired) electrons. The van der Waals surface area contributed by atoms with Crippen LogP contribution in [0.4, 0.5) is 0 Å². The Labute approximate surface area is 166 Å². The zero-order chi connectivity index (χ0) is 20.9. The maximum Gasteiger partial charge on any atom is 0.414 e. The number of aliphatic carboxylic acids is 2. The van der Waals surface area contributed by atoms with Gasteiger partial charge in [0.25, 0.3) is 0 Å². The number of carboxylic acid groups (broad SMARTS) is 2. The molecule has 0 amide bonds. The molecule has 1 aliphatic heterocycles. The van der Waals surface area contributed by atoms with E-state index in [1.165, 1.54) is 19.3 Å². The van der Waals surface area contributed by atoms with Gasteiger partial charge < -0.3 is 30.1 Å². The third-order valence-electron chi connectivity index (χ3n) is 7.21. The molecule has 0 spiro atoms. The van der Waals surface area contributed by atoms with E-state index in [1.807, 2.05) is 0 Å². The second-order valence-corrected chi connectivity index (χ2v) is 9.01. The minimum Gasteiger partial charge on any atom is -0.473 e. The lowest BCUT2D eigenvalue weighted by Gasteiger charge is -2.40. The van der Waals surface area contributed by atoms with E-state index in [2.05, 4.69) is 26.1 Å². The van der Waals surface area contributed by atoms with Crippen LogP contribution in [-0.2, 0) is 19.1 Å². The average molecular weight is 402 g/mol. The number of nitrogens with one attached hydrogen (secondary N) is 1. The van der Waals surface area contributed by atoms with E-state index >= 15 is 0 Å². The first-order valence-corrected chi connectivity index (χ1v) is 10.1. The average Bonchev–Trinajstić information content (AvgIpc) is 3.26. The Balaban J connectivity index is 0.000000409. The Morgan fingerprint density at radius 2 is 1.89 bits per heavy atom. The largest absolute Gasteiger partial charge is 0.473 e. The van der Waals surface area contributed by atoms with Gasteiger partial charge in [0.1, 0.15) is 0 Å². The summed E-state index contributed by atoms with van der Waals surface area (Å²) < 4.78 is 11.1. The third-order valence-corrected chi connectivity index (χ3v) is 7.21. The van der Waals surface area contributed by atoms with Crippen molar-refractivity contribution in [1.82, 2.24) is 5.32 Å². The van der Waals surface area contributed by atoms with Crippen molar-refractivity contribution in [1.29, 1.82) is 0 Å². The summed E-state index contributed by atoms with van der Waals surface area (Å²) in [5.74, 6) is -2.81. The van der Waals surface area contributed by atoms with Gasteiger partial charge in [-0.1, -0.05) is 20.8 Å². The fourth-order valence-electron chi connectivity index (χ4n) is 4.96. The Hall–Kier alpha value is -1.22. The van der Waals surface area contributed by atoms with Gasteiger partial charge in [0.15, 0.2) is 0 Å². The number of hydrogen-bond donors (Lipinski definition) is 4. The molecule has 2 saturated carbocycles. The van der Waals surface area contributed by atoms with E-state index in [9.17, 15) is 5.11 Å². The van der Waals surface area contributed by atoms with Crippen LogP contribution in [0, 0.1) is 16.7 Å². The van der Waals surface area contributed by atoms with E-state index in [-0.39, 0.29) is 6.10 Å². The maximum atomic E-state index is 10.1. The van der Waals surface area contributed by atoms with Crippen molar-refractivity contribution in [2.45, 2.75) is 71.1 Å². The van der Waals surface area contributed by atoms with Gasteiger partial charge in [-0.3, -0.25) is 0 Å². The maximum absolute atomic E-state index is 10.1. The first kappa shape index (κ1) is 23.1. The first-order chi connectivity index (χ1) is 13.1. The molecule has 4 N–H and O–H groups in total. The Morgan fingerprint density at radius 3 is 2.36 bits per heavy atom. The number of rotatable bonds is 7. The van der Waals surface area contributed by atoms with Crippen molar-refractivity contribution in [3.8, 4) is 0 Å². The second kappa shape index (κ2) is 9.52. The van der Waals surface area contributed by atoms with Crippen molar-refractivity contribution >= 4 is 11.9 Å². The number of fused-ring (bicyclic) bond motifs is 2. The molecule has 3 fully saturated rings. The lowest BCUT2D eigenvalue weighted by molar-refractivity contribution is -0.159. The number of aliphatic hydroxyl groups is 1. The minimum atomic E-state index is -1.82. The van der Waals surface area contributed by atoms with E-state index in [0.717, 1.165) is 25.4 Å². The summed E-state index contributed by atoms with van der Waals surface area (Å²) in [4.78, 5) is 18.2. The number of carbonyl (C=O) groups is 2. The summed E-state index contributed by atoms with van der Waals surface area (Å²) >= 11 is 0. The van der Waals surface area contributed by atoms with E-state index in [1.54, 1.807) is 0 Å². The smallest absolute Gasteiger partial charge is 0.414 e. The summed E-state index contributed by atoms with van der Waals surface area (Å²) in [6.45, 7) is 9.79. The van der Waals surface area contributed by atoms with Gasteiger partial charge in [0.05, 0.1) is 25.4 Å². The number of ether oxygens (including phenoxy) is 2. The predicted molar refractivity (Wildman–Crippen MR) is 102 cm³/mol. The third kappa shape index (κ3) is 5.23. The summed E-state index contributed by atoms with van der Waals surface area (Å²) in [5.41, 5.74) is 0.794. The molecule has 162 valence electrons. The number of carboxylic acids is 2. The fraction of sp³-hybridized carbons (Fsp3) is 0.900. The highest BCUT2D eigenvalue weighted by Crippen LogP contribution is 2.65. The molecule has 0 aromatic carbocycles. The summed E-state index contributed by atoms with van der Waals surface area (Å²) in [6.07, 6.45) is 5.98. The zero-order valence-electron chi connectivity index (χ0n) is 17.1. The highest BCUT2D eigenvalue weighted by molar-refractivity contribution is 6.27. The highest BCUT2D eigenvalue weighted by Gasteiger charge is 2.60. The molecule has 0 aromatic rings. The van der Waals surface area contributed by atoms with Crippen LogP contribution in [0.15, 0.2) is 0 Å². The number of aliphatic hydroxyl groups excluding tert-OH is 1. The van der Waals surface area contributed by atoms with Crippen molar-refractivity contribution in [3.05, 3.63) is 0 Å². The first-order valence-electron chi connectivity index (χ1n) is 10.1. The molecule has 8 nitrogen and oxygen atoms in total. The summed E-state index contributed by atoms with van der Waals surface area (Å²) in [5, 5.41) is 28.5. The number of hydrogen-bond acceptors (Lipinski definition) is 6. The van der Waals surface area contributed by atoms with Crippen LogP contribution in [0.1, 0.15) is 52.9 Å². The molecule has 5 atom stereocenters. The molecule has 28 heavy (non-hydrogen) atoms. The summed E-state index contributed by atoms with van der Waals surface area (Å²) in [7, 11) is 0. The quantitative estimate of drug-likeness (QED) is 0.473. The topological polar surface area (TPSA) is 125 Å². The van der Waals surface area contributed by atoms with Crippen LogP contribution < -0.4 is 5.32 Å². The Bertz CT molecular complexity index is 535. The SMILES string of the molecule is CC1(C)C2CCC1(C)C(NCC(O)COCC1CCCO1)C2.O=C(O)C(=O)O. The lowest BCUT2D eigenvalue weighted by Crippen LogP contribution is -2.47. The van der Waals surface area contributed by atoms with Gasteiger partial charge in [-0.2, -0.15) is 0 Å². The Morgan fingerprint density at radius 1 is 1.21 bits per heavy atom. The van der Waals surface area contributed by atoms with Gasteiger partial charge in [0.2, 0.25) is 0 Å². The van der Waals surface area contributed by atoms with Crippen LogP contribution in [0.25, 0.3) is 0 Å². The molecule has 1 saturated heterocycles. The van der Waals surface area contributed by atoms with Gasteiger partial charge in [-0.25, -0.2) is 9.59 Å². The zero-order valence-corrected chi connectivity index (χ0v) is 17.1. The van der Waals surface area contributed by atoms with Gasteiger partial charge in [-0.05, 0) is 48.9 Å². The van der Waals surface area contributed by atoms with Crippen LogP contribution in [0.2, 0.25) is 0 Å².